The fourth-order valence-corrected chi connectivity index (χ4v) is 3.34. The van der Waals surface area contributed by atoms with Gasteiger partial charge in [-0.3, -0.25) is 9.59 Å². The van der Waals surface area contributed by atoms with Crippen LogP contribution in [0, 0.1) is 0 Å². The number of hydrogen-bond donors (Lipinski definition) is 2. The molecule has 1 fully saturated rings. The van der Waals surface area contributed by atoms with Gasteiger partial charge in [-0.2, -0.15) is 18.3 Å². The Morgan fingerprint density at radius 2 is 1.93 bits per heavy atom. The van der Waals surface area contributed by atoms with Crippen LogP contribution in [0.3, 0.4) is 0 Å². The molecule has 0 aliphatic carbocycles. The molecule has 1 aromatic carbocycles. The SMILES string of the molecule is COC1CNCC(c2ccc(=O)n(C(C)C(=O)Nc3ccc(C(F)(F)F)cc3)n2)C1. The molecule has 3 rings (SSSR count). The highest BCUT2D eigenvalue weighted by atomic mass is 19.4. The lowest BCUT2D eigenvalue weighted by atomic mass is 9.94. The molecular weight excluding hydrogens is 401 g/mol. The molecule has 0 spiro atoms. The number of piperidine rings is 1. The predicted molar refractivity (Wildman–Crippen MR) is 104 cm³/mol. The predicted octanol–water partition coefficient (Wildman–Crippen LogP) is 2.55. The number of anilines is 1. The molecule has 1 aliphatic heterocycles. The van der Waals surface area contributed by atoms with Crippen molar-refractivity contribution in [1.29, 1.82) is 0 Å². The summed E-state index contributed by atoms with van der Waals surface area (Å²) < 4.78 is 44.5. The maximum atomic E-state index is 12.7. The van der Waals surface area contributed by atoms with Crippen LogP contribution in [-0.4, -0.2) is 42.0 Å². The molecule has 1 aromatic heterocycles. The minimum Gasteiger partial charge on any atom is -0.380 e. The summed E-state index contributed by atoms with van der Waals surface area (Å²) >= 11 is 0. The van der Waals surface area contributed by atoms with Crippen LogP contribution in [0.15, 0.2) is 41.2 Å². The molecule has 30 heavy (non-hydrogen) atoms. The lowest BCUT2D eigenvalue weighted by molar-refractivity contribution is -0.137. The van der Waals surface area contributed by atoms with Crippen molar-refractivity contribution in [2.24, 2.45) is 0 Å². The van der Waals surface area contributed by atoms with Gasteiger partial charge in [-0.1, -0.05) is 0 Å². The van der Waals surface area contributed by atoms with Crippen molar-refractivity contribution in [3.05, 3.63) is 58.0 Å². The molecule has 0 saturated carbocycles. The highest BCUT2D eigenvalue weighted by molar-refractivity contribution is 5.93. The van der Waals surface area contributed by atoms with Crippen LogP contribution < -0.4 is 16.2 Å². The Hall–Kier alpha value is -2.72. The monoisotopic (exact) mass is 424 g/mol. The lowest BCUT2D eigenvalue weighted by Crippen LogP contribution is -2.40. The van der Waals surface area contributed by atoms with E-state index in [1.165, 1.54) is 25.1 Å². The molecule has 10 heteroatoms. The molecule has 1 saturated heterocycles. The number of benzene rings is 1. The van der Waals surface area contributed by atoms with Gasteiger partial charge in [0.15, 0.2) is 0 Å². The van der Waals surface area contributed by atoms with Crippen LogP contribution in [-0.2, 0) is 15.7 Å². The van der Waals surface area contributed by atoms with Crippen molar-refractivity contribution in [2.75, 3.05) is 25.5 Å². The first kappa shape index (κ1) is 22.0. The first-order chi connectivity index (χ1) is 14.2. The molecule has 2 heterocycles. The minimum absolute atomic E-state index is 0.0284. The average molecular weight is 424 g/mol. The van der Waals surface area contributed by atoms with Gasteiger partial charge in [0.1, 0.15) is 6.04 Å². The Labute approximate surface area is 171 Å². The van der Waals surface area contributed by atoms with Gasteiger partial charge in [-0.15, -0.1) is 0 Å². The Bertz CT molecular complexity index is 944. The van der Waals surface area contributed by atoms with E-state index < -0.39 is 29.2 Å². The number of aromatic nitrogens is 2. The molecule has 0 radical (unpaired) electrons. The van der Waals surface area contributed by atoms with E-state index in [0.717, 1.165) is 29.8 Å². The number of nitrogens with one attached hydrogen (secondary N) is 2. The number of ether oxygens (including phenoxy) is 1. The Balaban J connectivity index is 1.74. The van der Waals surface area contributed by atoms with E-state index in [1.54, 1.807) is 13.2 Å². The Morgan fingerprint density at radius 1 is 1.23 bits per heavy atom. The summed E-state index contributed by atoms with van der Waals surface area (Å²) in [7, 11) is 1.64. The second-order valence-electron chi connectivity index (χ2n) is 7.23. The Kier molecular flexibility index (Phi) is 6.57. The molecule has 7 nitrogen and oxygen atoms in total. The second-order valence-corrected chi connectivity index (χ2v) is 7.23. The zero-order chi connectivity index (χ0) is 21.9. The summed E-state index contributed by atoms with van der Waals surface area (Å²) in [6.07, 6.45) is -3.68. The van der Waals surface area contributed by atoms with E-state index in [-0.39, 0.29) is 17.7 Å². The third kappa shape index (κ3) is 5.06. The van der Waals surface area contributed by atoms with Crippen LogP contribution in [0.5, 0.6) is 0 Å². The van der Waals surface area contributed by atoms with Crippen LogP contribution in [0.1, 0.15) is 36.6 Å². The molecule has 162 valence electrons. The van der Waals surface area contributed by atoms with Crippen molar-refractivity contribution >= 4 is 11.6 Å². The topological polar surface area (TPSA) is 85.2 Å². The van der Waals surface area contributed by atoms with Gasteiger partial charge in [-0.05, 0) is 43.7 Å². The number of rotatable bonds is 5. The molecule has 1 aliphatic rings. The van der Waals surface area contributed by atoms with E-state index in [4.69, 9.17) is 4.74 Å². The highest BCUT2D eigenvalue weighted by Gasteiger charge is 2.30. The minimum atomic E-state index is -4.46. The number of halogens is 3. The van der Waals surface area contributed by atoms with E-state index in [0.29, 0.717) is 12.2 Å². The van der Waals surface area contributed by atoms with E-state index in [2.05, 4.69) is 15.7 Å². The summed E-state index contributed by atoms with van der Waals surface area (Å²) in [5, 5.41) is 10.2. The van der Waals surface area contributed by atoms with Crippen LogP contribution in [0.25, 0.3) is 0 Å². The first-order valence-electron chi connectivity index (χ1n) is 9.50. The fourth-order valence-electron chi connectivity index (χ4n) is 3.34. The van der Waals surface area contributed by atoms with Crippen LogP contribution in [0.4, 0.5) is 18.9 Å². The van der Waals surface area contributed by atoms with Crippen molar-refractivity contribution in [1.82, 2.24) is 15.1 Å². The number of hydrogen-bond acceptors (Lipinski definition) is 5. The smallest absolute Gasteiger partial charge is 0.380 e. The maximum Gasteiger partial charge on any atom is 0.416 e. The van der Waals surface area contributed by atoms with Gasteiger partial charge in [0, 0.05) is 37.9 Å². The second kappa shape index (κ2) is 8.97. The molecule has 3 unspecified atom stereocenters. The summed E-state index contributed by atoms with van der Waals surface area (Å²) in [6.45, 7) is 2.92. The molecular formula is C20H23F3N4O3. The van der Waals surface area contributed by atoms with Crippen LogP contribution in [0.2, 0.25) is 0 Å². The maximum absolute atomic E-state index is 12.7. The number of nitrogens with zero attached hydrogens (tertiary/aromatic N) is 2. The number of amides is 1. The standard InChI is InChI=1S/C20H23F3N4O3/c1-12(19(29)25-15-5-3-14(4-6-15)20(21,22)23)27-18(28)8-7-17(26-27)13-9-16(30-2)11-24-10-13/h3-8,12-13,16,24H,9-11H2,1-2H3,(H,25,29). The van der Waals surface area contributed by atoms with Crippen molar-refractivity contribution < 1.29 is 22.7 Å². The van der Waals surface area contributed by atoms with E-state index in [1.807, 2.05) is 0 Å². The zero-order valence-corrected chi connectivity index (χ0v) is 16.6. The number of alkyl halides is 3. The molecule has 1 amide bonds. The number of methoxy groups -OCH3 is 1. The molecule has 2 N–H and O–H groups in total. The van der Waals surface area contributed by atoms with Crippen LogP contribution >= 0.6 is 0 Å². The largest absolute Gasteiger partial charge is 0.416 e. The summed E-state index contributed by atoms with van der Waals surface area (Å²) in [5.41, 5.74) is -0.392. The summed E-state index contributed by atoms with van der Waals surface area (Å²) in [6, 6.07) is 6.15. The first-order valence-corrected chi connectivity index (χ1v) is 9.50. The summed E-state index contributed by atoms with van der Waals surface area (Å²) in [5.74, 6) is -0.529. The number of carbonyl (C=O) groups excluding carboxylic acids is 1. The fraction of sp³-hybridized carbons (Fsp3) is 0.450. The molecule has 0 bridgehead atoms. The van der Waals surface area contributed by atoms with Gasteiger partial charge < -0.3 is 15.4 Å². The normalized spacial score (nSPS) is 20.6. The summed E-state index contributed by atoms with van der Waals surface area (Å²) in [4.78, 5) is 24.9. The van der Waals surface area contributed by atoms with Gasteiger partial charge >= 0.3 is 6.18 Å². The van der Waals surface area contributed by atoms with Gasteiger partial charge in [-0.25, -0.2) is 4.68 Å². The zero-order valence-electron chi connectivity index (χ0n) is 16.6. The lowest BCUT2D eigenvalue weighted by Gasteiger charge is -2.29. The van der Waals surface area contributed by atoms with Crippen molar-refractivity contribution in [3.63, 3.8) is 0 Å². The van der Waals surface area contributed by atoms with Crippen molar-refractivity contribution in [2.45, 2.75) is 37.6 Å². The third-order valence-electron chi connectivity index (χ3n) is 5.13. The van der Waals surface area contributed by atoms with E-state index in [9.17, 15) is 22.8 Å². The van der Waals surface area contributed by atoms with Gasteiger partial charge in [0.25, 0.3) is 5.56 Å². The third-order valence-corrected chi connectivity index (χ3v) is 5.13. The Morgan fingerprint density at radius 3 is 2.57 bits per heavy atom. The van der Waals surface area contributed by atoms with Gasteiger partial charge in [0.2, 0.25) is 5.91 Å². The average Bonchev–Trinajstić information content (AvgIpc) is 2.73. The molecule has 2 aromatic rings. The number of carbonyl (C=O) groups is 1. The van der Waals surface area contributed by atoms with Gasteiger partial charge in [0.05, 0.1) is 17.4 Å². The van der Waals surface area contributed by atoms with E-state index >= 15 is 0 Å². The van der Waals surface area contributed by atoms with Crippen molar-refractivity contribution in [3.8, 4) is 0 Å². The molecule has 3 atom stereocenters. The highest BCUT2D eigenvalue weighted by Crippen LogP contribution is 2.30. The quantitative estimate of drug-likeness (QED) is 0.771.